The predicted octanol–water partition coefficient (Wildman–Crippen LogP) is 5.18. The normalized spacial score (nSPS) is 15.1. The van der Waals surface area contributed by atoms with E-state index in [1.807, 2.05) is 30.3 Å². The summed E-state index contributed by atoms with van der Waals surface area (Å²) in [6, 6.07) is 19.8. The summed E-state index contributed by atoms with van der Waals surface area (Å²) in [6.45, 7) is 0.650. The van der Waals surface area contributed by atoms with Gasteiger partial charge in [0, 0.05) is 44.8 Å². The molecule has 0 amide bonds. The molecule has 4 aromatic rings. The number of benzene rings is 3. The zero-order valence-corrected chi connectivity index (χ0v) is 23.3. The van der Waals surface area contributed by atoms with Gasteiger partial charge in [-0.05, 0) is 35.4 Å². The molecule has 0 bridgehead atoms. The van der Waals surface area contributed by atoms with Gasteiger partial charge in [0.1, 0.15) is 11.6 Å². The van der Waals surface area contributed by atoms with Crippen molar-refractivity contribution in [2.45, 2.75) is 23.3 Å². The van der Waals surface area contributed by atoms with E-state index in [9.17, 15) is 17.6 Å². The van der Waals surface area contributed by atoms with Crippen LogP contribution in [0.2, 0.25) is 0 Å². The van der Waals surface area contributed by atoms with Gasteiger partial charge in [-0.1, -0.05) is 42.5 Å². The molecule has 0 unspecified atom stereocenters. The third-order valence-electron chi connectivity index (χ3n) is 6.82. The lowest BCUT2D eigenvalue weighted by atomic mass is 9.86. The number of methoxy groups -OCH3 is 1. The van der Waals surface area contributed by atoms with Crippen LogP contribution < -0.4 is 9.88 Å². The minimum Gasteiger partial charge on any atom is -0.485 e. The number of hydrogen-bond donors (Lipinski definition) is 1. The van der Waals surface area contributed by atoms with Gasteiger partial charge in [0.15, 0.2) is 11.6 Å². The standard InChI is InChI=1S/C29H27FN2O6S2/c1-36-29(11-13-37-14-12-29)21-15-22(30)17-23(16-21)38-18-25(33)28-32-26(27(39-28)20-5-3-2-4-6-20)19-7-9-24(10-8-19)40(31,34)35/h2-10,15-17H,11-14,18H2,1H3,(H2,31,34,35). The summed E-state index contributed by atoms with van der Waals surface area (Å²) in [5, 5.41) is 5.44. The van der Waals surface area contributed by atoms with Gasteiger partial charge in [0.2, 0.25) is 15.8 Å². The third-order valence-corrected chi connectivity index (χ3v) is 8.89. The van der Waals surface area contributed by atoms with Crippen LogP contribution in [0.1, 0.15) is 28.2 Å². The van der Waals surface area contributed by atoms with Crippen molar-refractivity contribution >= 4 is 27.1 Å². The Labute approximate surface area is 235 Å². The van der Waals surface area contributed by atoms with Gasteiger partial charge in [0.25, 0.3) is 0 Å². The van der Waals surface area contributed by atoms with Crippen LogP contribution in [0.25, 0.3) is 21.7 Å². The maximum absolute atomic E-state index is 14.6. The molecule has 3 aromatic carbocycles. The molecule has 40 heavy (non-hydrogen) atoms. The fourth-order valence-corrected chi connectivity index (χ4v) is 6.19. The molecule has 0 radical (unpaired) electrons. The number of nitrogens with zero attached hydrogens (tertiary/aromatic N) is 1. The minimum atomic E-state index is -3.85. The number of halogens is 1. The molecule has 1 saturated heterocycles. The van der Waals surface area contributed by atoms with Crippen molar-refractivity contribution in [3.63, 3.8) is 0 Å². The smallest absolute Gasteiger partial charge is 0.238 e. The molecule has 11 heteroatoms. The highest BCUT2D eigenvalue weighted by molar-refractivity contribution is 7.89. The van der Waals surface area contributed by atoms with Crippen LogP contribution in [0.4, 0.5) is 4.39 Å². The number of Topliss-reactive ketones (excluding diaryl/α,β-unsaturated/α-hetero) is 1. The van der Waals surface area contributed by atoms with E-state index in [0.717, 1.165) is 10.4 Å². The number of rotatable bonds is 9. The molecule has 8 nitrogen and oxygen atoms in total. The van der Waals surface area contributed by atoms with Crippen LogP contribution in [-0.4, -0.2) is 46.1 Å². The molecule has 0 spiro atoms. The molecule has 2 N–H and O–H groups in total. The highest BCUT2D eigenvalue weighted by atomic mass is 32.2. The van der Waals surface area contributed by atoms with Gasteiger partial charge >= 0.3 is 0 Å². The molecule has 1 aliphatic heterocycles. The quantitative estimate of drug-likeness (QED) is 0.270. The number of aromatic nitrogens is 1. The molecule has 1 fully saturated rings. The molecule has 5 rings (SSSR count). The Morgan fingerprint density at radius 3 is 2.40 bits per heavy atom. The van der Waals surface area contributed by atoms with Crippen molar-refractivity contribution in [1.29, 1.82) is 0 Å². The van der Waals surface area contributed by atoms with Crippen LogP contribution in [0.3, 0.4) is 0 Å². The molecule has 1 aromatic heterocycles. The summed E-state index contributed by atoms with van der Waals surface area (Å²) in [5.74, 6) is -0.661. The third kappa shape index (κ3) is 5.98. The second-order valence-electron chi connectivity index (χ2n) is 9.33. The number of carbonyl (C=O) groups excluding carboxylic acids is 1. The number of sulfonamides is 1. The second-order valence-corrected chi connectivity index (χ2v) is 11.9. The van der Waals surface area contributed by atoms with Gasteiger partial charge in [-0.2, -0.15) is 0 Å². The Morgan fingerprint density at radius 1 is 1.05 bits per heavy atom. The highest BCUT2D eigenvalue weighted by Gasteiger charge is 2.35. The van der Waals surface area contributed by atoms with Crippen molar-refractivity contribution in [2.24, 2.45) is 5.14 Å². The van der Waals surface area contributed by atoms with E-state index >= 15 is 0 Å². The van der Waals surface area contributed by atoms with Gasteiger partial charge < -0.3 is 14.2 Å². The average Bonchev–Trinajstić information content (AvgIpc) is 3.42. The monoisotopic (exact) mass is 582 g/mol. The molecule has 0 saturated carbocycles. The lowest BCUT2D eigenvalue weighted by Crippen LogP contribution is -2.35. The van der Waals surface area contributed by atoms with Gasteiger partial charge in [-0.25, -0.2) is 22.9 Å². The fraction of sp³-hybridized carbons (Fsp3) is 0.241. The van der Waals surface area contributed by atoms with Crippen LogP contribution in [0.5, 0.6) is 5.75 Å². The first-order chi connectivity index (χ1) is 19.2. The summed E-state index contributed by atoms with van der Waals surface area (Å²) < 4.78 is 54.9. The molecule has 0 aliphatic carbocycles. The molecule has 208 valence electrons. The number of carbonyl (C=O) groups is 1. The van der Waals surface area contributed by atoms with Crippen LogP contribution in [0, 0.1) is 5.82 Å². The lowest BCUT2D eigenvalue weighted by Gasteiger charge is -2.36. The lowest BCUT2D eigenvalue weighted by molar-refractivity contribution is -0.0950. The van der Waals surface area contributed by atoms with Crippen LogP contribution in [-0.2, 0) is 25.1 Å². The summed E-state index contributed by atoms with van der Waals surface area (Å²) in [6.07, 6.45) is 1.15. The van der Waals surface area contributed by atoms with Gasteiger partial charge in [0.05, 0.1) is 21.1 Å². The number of nitrogens with two attached hydrogens (primary N) is 1. The summed E-state index contributed by atoms with van der Waals surface area (Å²) >= 11 is 1.20. The Balaban J connectivity index is 1.41. The maximum Gasteiger partial charge on any atom is 0.238 e. The fourth-order valence-electron chi connectivity index (χ4n) is 4.65. The molecular formula is C29H27FN2O6S2. The predicted molar refractivity (Wildman–Crippen MR) is 149 cm³/mol. The first kappa shape index (κ1) is 28.1. The SMILES string of the molecule is COC1(c2cc(F)cc(OCC(=O)c3nc(-c4ccc(S(N)(=O)=O)cc4)c(-c4ccccc4)s3)c2)CCOCC1. The van der Waals surface area contributed by atoms with Crippen molar-refractivity contribution in [3.05, 3.63) is 89.2 Å². The van der Waals surface area contributed by atoms with Crippen molar-refractivity contribution in [1.82, 2.24) is 4.98 Å². The number of ether oxygens (including phenoxy) is 3. The molecule has 2 heterocycles. The zero-order valence-electron chi connectivity index (χ0n) is 21.6. The largest absolute Gasteiger partial charge is 0.485 e. The molecule has 0 atom stereocenters. The van der Waals surface area contributed by atoms with E-state index in [0.29, 0.717) is 42.9 Å². The van der Waals surface area contributed by atoms with Crippen molar-refractivity contribution in [2.75, 3.05) is 26.9 Å². The van der Waals surface area contributed by atoms with E-state index in [4.69, 9.17) is 19.3 Å². The van der Waals surface area contributed by atoms with E-state index in [1.165, 1.54) is 35.6 Å². The minimum absolute atomic E-state index is 0.0251. The van der Waals surface area contributed by atoms with E-state index in [-0.39, 0.29) is 28.0 Å². The highest BCUT2D eigenvalue weighted by Crippen LogP contribution is 2.39. The summed E-state index contributed by atoms with van der Waals surface area (Å²) in [5.41, 5.74) is 1.94. The van der Waals surface area contributed by atoms with Crippen molar-refractivity contribution < 1.29 is 31.8 Å². The summed E-state index contributed by atoms with van der Waals surface area (Å²) in [4.78, 5) is 18.5. The summed E-state index contributed by atoms with van der Waals surface area (Å²) in [7, 11) is -2.26. The average molecular weight is 583 g/mol. The Bertz CT molecular complexity index is 1620. The van der Waals surface area contributed by atoms with E-state index in [1.54, 1.807) is 25.3 Å². The van der Waals surface area contributed by atoms with Crippen LogP contribution in [0.15, 0.2) is 77.7 Å². The second kappa shape index (κ2) is 11.6. The van der Waals surface area contributed by atoms with Gasteiger partial charge in [-0.3, -0.25) is 4.79 Å². The number of hydrogen-bond acceptors (Lipinski definition) is 8. The number of ketones is 1. The maximum atomic E-state index is 14.6. The molecular weight excluding hydrogens is 555 g/mol. The Kier molecular flexibility index (Phi) is 8.11. The topological polar surface area (TPSA) is 118 Å². The first-order valence-corrected chi connectivity index (χ1v) is 14.8. The Hall–Kier alpha value is -3.48. The van der Waals surface area contributed by atoms with Crippen LogP contribution >= 0.6 is 11.3 Å². The van der Waals surface area contributed by atoms with Gasteiger partial charge in [-0.15, -0.1) is 11.3 Å². The Morgan fingerprint density at radius 2 is 1.75 bits per heavy atom. The number of primary sulfonamides is 1. The number of thiazole rings is 1. The van der Waals surface area contributed by atoms with Crippen molar-refractivity contribution in [3.8, 4) is 27.4 Å². The van der Waals surface area contributed by atoms with E-state index < -0.39 is 21.4 Å². The zero-order chi connectivity index (χ0) is 28.3. The first-order valence-electron chi connectivity index (χ1n) is 12.5. The van der Waals surface area contributed by atoms with E-state index in [2.05, 4.69) is 4.98 Å². The molecule has 1 aliphatic rings.